The Bertz CT molecular complexity index is 404. The highest BCUT2D eigenvalue weighted by atomic mass is 16.2. The summed E-state index contributed by atoms with van der Waals surface area (Å²) in [5.41, 5.74) is 7.41. The van der Waals surface area contributed by atoms with Gasteiger partial charge in [-0.05, 0) is 43.6 Å². The highest BCUT2D eigenvalue weighted by Gasteiger charge is 2.07. The number of rotatable bonds is 7. The number of anilines is 1. The van der Waals surface area contributed by atoms with E-state index in [0.717, 1.165) is 24.2 Å². The molecule has 0 spiro atoms. The Labute approximate surface area is 116 Å². The molecule has 1 aromatic carbocycles. The fraction of sp³-hybridized carbons (Fsp3) is 0.533. The topological polar surface area (TPSA) is 58.4 Å². The third-order valence-electron chi connectivity index (χ3n) is 2.95. The minimum absolute atomic E-state index is 0.0143. The molecule has 1 rings (SSSR count). The molecular formula is C15H25N3O. The summed E-state index contributed by atoms with van der Waals surface area (Å²) in [5, 5.41) is 2.90. The lowest BCUT2D eigenvalue weighted by atomic mass is 10.1. The maximum absolute atomic E-state index is 11.9. The average Bonchev–Trinajstić information content (AvgIpc) is 2.36. The number of benzene rings is 1. The van der Waals surface area contributed by atoms with Crippen LogP contribution in [-0.2, 0) is 11.3 Å². The first-order valence-electron chi connectivity index (χ1n) is 6.78. The van der Waals surface area contributed by atoms with Crippen molar-refractivity contribution in [3.05, 3.63) is 29.8 Å². The zero-order valence-electron chi connectivity index (χ0n) is 12.1. The summed E-state index contributed by atoms with van der Waals surface area (Å²) in [4.78, 5) is 13.9. The van der Waals surface area contributed by atoms with Crippen molar-refractivity contribution < 1.29 is 4.79 Å². The van der Waals surface area contributed by atoms with Crippen molar-refractivity contribution in [1.29, 1.82) is 0 Å². The van der Waals surface area contributed by atoms with Crippen LogP contribution in [0, 0.1) is 5.92 Å². The molecular weight excluding hydrogens is 238 g/mol. The lowest BCUT2D eigenvalue weighted by molar-refractivity contribution is -0.117. The van der Waals surface area contributed by atoms with Crippen LogP contribution < -0.4 is 11.1 Å². The summed E-state index contributed by atoms with van der Waals surface area (Å²) >= 11 is 0. The van der Waals surface area contributed by atoms with Crippen LogP contribution in [0.2, 0.25) is 0 Å². The lowest BCUT2D eigenvalue weighted by Gasteiger charge is -2.17. The first-order chi connectivity index (χ1) is 9.01. The van der Waals surface area contributed by atoms with E-state index >= 15 is 0 Å². The summed E-state index contributed by atoms with van der Waals surface area (Å²) in [7, 11) is 1.97. The third-order valence-corrected chi connectivity index (χ3v) is 2.95. The Morgan fingerprint density at radius 3 is 2.79 bits per heavy atom. The van der Waals surface area contributed by atoms with Gasteiger partial charge in [0.2, 0.25) is 5.91 Å². The molecule has 0 heterocycles. The number of amides is 1. The van der Waals surface area contributed by atoms with E-state index < -0.39 is 0 Å². The van der Waals surface area contributed by atoms with Crippen molar-refractivity contribution in [3.8, 4) is 0 Å². The first-order valence-corrected chi connectivity index (χ1v) is 6.78. The number of likely N-dealkylation sites (N-methyl/N-ethyl adjacent to an activating group) is 1. The van der Waals surface area contributed by atoms with Crippen LogP contribution in [0.15, 0.2) is 24.3 Å². The van der Waals surface area contributed by atoms with Crippen molar-refractivity contribution >= 4 is 11.6 Å². The number of nitrogens with one attached hydrogen (secondary N) is 1. The quantitative estimate of drug-likeness (QED) is 0.791. The fourth-order valence-corrected chi connectivity index (χ4v) is 1.78. The molecule has 4 nitrogen and oxygen atoms in total. The number of nitrogens with zero attached hydrogens (tertiary/aromatic N) is 1. The Balaban J connectivity index is 2.41. The maximum Gasteiger partial charge on any atom is 0.238 e. The van der Waals surface area contributed by atoms with Crippen LogP contribution in [0.1, 0.15) is 25.8 Å². The molecule has 1 amide bonds. The Kier molecular flexibility index (Phi) is 6.53. The summed E-state index contributed by atoms with van der Waals surface area (Å²) in [6.45, 7) is 6.21. The van der Waals surface area contributed by atoms with Gasteiger partial charge in [-0.3, -0.25) is 9.69 Å². The molecule has 19 heavy (non-hydrogen) atoms. The van der Waals surface area contributed by atoms with Crippen LogP contribution in [0.4, 0.5) is 5.69 Å². The van der Waals surface area contributed by atoms with E-state index in [9.17, 15) is 4.79 Å². The zero-order chi connectivity index (χ0) is 14.3. The number of carbonyl (C=O) groups is 1. The van der Waals surface area contributed by atoms with Crippen molar-refractivity contribution in [1.82, 2.24) is 4.90 Å². The Morgan fingerprint density at radius 2 is 2.16 bits per heavy atom. The minimum Gasteiger partial charge on any atom is -0.326 e. The molecule has 0 aromatic heterocycles. The van der Waals surface area contributed by atoms with Gasteiger partial charge in [-0.15, -0.1) is 0 Å². The van der Waals surface area contributed by atoms with Crippen LogP contribution in [0.5, 0.6) is 0 Å². The normalized spacial score (nSPS) is 11.1. The van der Waals surface area contributed by atoms with Crippen molar-refractivity contribution in [2.45, 2.75) is 26.8 Å². The molecule has 3 N–H and O–H groups in total. The molecule has 0 fully saturated rings. The van der Waals surface area contributed by atoms with E-state index in [2.05, 4.69) is 19.2 Å². The second-order valence-corrected chi connectivity index (χ2v) is 5.37. The van der Waals surface area contributed by atoms with Gasteiger partial charge in [0.05, 0.1) is 6.54 Å². The number of nitrogens with two attached hydrogens (primary N) is 1. The van der Waals surface area contributed by atoms with Gasteiger partial charge in [0, 0.05) is 12.2 Å². The number of hydrogen-bond donors (Lipinski definition) is 2. The maximum atomic E-state index is 11.9. The molecule has 0 unspecified atom stereocenters. The monoisotopic (exact) mass is 263 g/mol. The molecule has 0 radical (unpaired) electrons. The summed E-state index contributed by atoms with van der Waals surface area (Å²) in [6, 6.07) is 7.64. The first kappa shape index (κ1) is 15.7. The standard InChI is InChI=1S/C15H25N3O/c1-12(2)7-8-18(3)11-15(19)17-14-6-4-5-13(9-14)10-16/h4-6,9,12H,7-8,10-11,16H2,1-3H3,(H,17,19). The van der Waals surface area contributed by atoms with Crippen LogP contribution in [-0.4, -0.2) is 30.9 Å². The van der Waals surface area contributed by atoms with E-state index in [1.807, 2.05) is 36.2 Å². The van der Waals surface area contributed by atoms with E-state index in [-0.39, 0.29) is 5.91 Å². The molecule has 0 aliphatic heterocycles. The van der Waals surface area contributed by atoms with E-state index in [4.69, 9.17) is 5.73 Å². The van der Waals surface area contributed by atoms with Crippen molar-refractivity contribution in [3.63, 3.8) is 0 Å². The zero-order valence-corrected chi connectivity index (χ0v) is 12.1. The average molecular weight is 263 g/mol. The van der Waals surface area contributed by atoms with Gasteiger partial charge in [-0.25, -0.2) is 0 Å². The van der Waals surface area contributed by atoms with Crippen LogP contribution in [0.3, 0.4) is 0 Å². The third kappa shape index (κ3) is 6.36. The second-order valence-electron chi connectivity index (χ2n) is 5.37. The van der Waals surface area contributed by atoms with Gasteiger partial charge in [-0.2, -0.15) is 0 Å². The molecule has 106 valence electrons. The van der Waals surface area contributed by atoms with Gasteiger partial charge in [0.25, 0.3) is 0 Å². The summed E-state index contributed by atoms with van der Waals surface area (Å²) in [5.74, 6) is 0.673. The number of carbonyl (C=O) groups excluding carboxylic acids is 1. The highest BCUT2D eigenvalue weighted by Crippen LogP contribution is 2.10. The predicted molar refractivity (Wildman–Crippen MR) is 79.9 cm³/mol. The van der Waals surface area contributed by atoms with Crippen LogP contribution in [0.25, 0.3) is 0 Å². The van der Waals surface area contributed by atoms with Crippen molar-refractivity contribution in [2.75, 3.05) is 25.5 Å². The predicted octanol–water partition coefficient (Wildman–Crippen LogP) is 2.06. The van der Waals surface area contributed by atoms with Crippen LogP contribution >= 0.6 is 0 Å². The van der Waals surface area contributed by atoms with Gasteiger partial charge in [0.1, 0.15) is 0 Å². The number of hydrogen-bond acceptors (Lipinski definition) is 3. The van der Waals surface area contributed by atoms with Gasteiger partial charge < -0.3 is 11.1 Å². The molecule has 4 heteroatoms. The molecule has 0 bridgehead atoms. The molecule has 0 atom stereocenters. The minimum atomic E-state index is 0.0143. The van der Waals surface area contributed by atoms with E-state index in [1.165, 1.54) is 0 Å². The SMILES string of the molecule is CC(C)CCN(C)CC(=O)Nc1cccc(CN)c1. The largest absolute Gasteiger partial charge is 0.326 e. The van der Waals surface area contributed by atoms with Crippen molar-refractivity contribution in [2.24, 2.45) is 11.7 Å². The summed E-state index contributed by atoms with van der Waals surface area (Å²) < 4.78 is 0. The molecule has 0 aliphatic rings. The Hall–Kier alpha value is -1.39. The molecule has 0 saturated carbocycles. The summed E-state index contributed by atoms with van der Waals surface area (Å²) in [6.07, 6.45) is 1.10. The van der Waals surface area contributed by atoms with Gasteiger partial charge in [-0.1, -0.05) is 26.0 Å². The highest BCUT2D eigenvalue weighted by molar-refractivity contribution is 5.92. The van der Waals surface area contributed by atoms with E-state index in [1.54, 1.807) is 0 Å². The fourth-order valence-electron chi connectivity index (χ4n) is 1.78. The Morgan fingerprint density at radius 1 is 1.42 bits per heavy atom. The molecule has 1 aromatic rings. The molecule has 0 saturated heterocycles. The second kappa shape index (κ2) is 7.92. The smallest absolute Gasteiger partial charge is 0.238 e. The molecule has 0 aliphatic carbocycles. The lowest BCUT2D eigenvalue weighted by Crippen LogP contribution is -2.31. The van der Waals surface area contributed by atoms with E-state index in [0.29, 0.717) is 19.0 Å². The van der Waals surface area contributed by atoms with Gasteiger partial charge in [0.15, 0.2) is 0 Å². The van der Waals surface area contributed by atoms with Gasteiger partial charge >= 0.3 is 0 Å².